The molecule has 1 aliphatic heterocycles. The molecule has 5 heteroatoms. The molecule has 84 valence electrons. The van der Waals surface area contributed by atoms with E-state index in [1.165, 1.54) is 0 Å². The summed E-state index contributed by atoms with van der Waals surface area (Å²) in [6, 6.07) is 0. The van der Waals surface area contributed by atoms with Gasteiger partial charge in [-0.3, -0.25) is 4.68 Å². The number of nitrogens with one attached hydrogen (secondary N) is 1. The number of hydrogen-bond acceptors (Lipinski definition) is 2. The van der Waals surface area contributed by atoms with Crippen LogP contribution in [0.3, 0.4) is 0 Å². The van der Waals surface area contributed by atoms with Gasteiger partial charge in [-0.1, -0.05) is 0 Å². The van der Waals surface area contributed by atoms with Crippen LogP contribution in [0.2, 0.25) is 0 Å². The van der Waals surface area contributed by atoms with Crippen molar-refractivity contribution >= 4 is 15.9 Å². The molecule has 1 aromatic heterocycles. The highest BCUT2D eigenvalue weighted by molar-refractivity contribution is 9.10. The summed E-state index contributed by atoms with van der Waals surface area (Å²) in [5, 5.41) is 7.27. The molecule has 0 bridgehead atoms. The van der Waals surface area contributed by atoms with Gasteiger partial charge in [0, 0.05) is 19.5 Å². The molecular weight excluding hydrogens is 261 g/mol. The Kier molecular flexibility index (Phi) is 3.41. The van der Waals surface area contributed by atoms with Gasteiger partial charge in [0.1, 0.15) is 6.17 Å². The van der Waals surface area contributed by atoms with Crippen molar-refractivity contribution in [3.8, 4) is 0 Å². The number of nitrogens with zero attached hydrogens (tertiary/aromatic N) is 2. The number of piperidine rings is 1. The third kappa shape index (κ3) is 2.23. The molecule has 2 rings (SSSR count). The summed E-state index contributed by atoms with van der Waals surface area (Å²) in [4.78, 5) is 0. The molecular formula is C10H15BrFN3. The predicted octanol–water partition coefficient (Wildman–Crippen LogP) is 2.19. The molecule has 0 saturated carbocycles. The van der Waals surface area contributed by atoms with Gasteiger partial charge >= 0.3 is 0 Å². The second kappa shape index (κ2) is 4.61. The number of halogens is 2. The molecule has 1 aliphatic rings. The zero-order valence-electron chi connectivity index (χ0n) is 8.71. The van der Waals surface area contributed by atoms with E-state index in [9.17, 15) is 4.39 Å². The Morgan fingerprint density at radius 1 is 1.73 bits per heavy atom. The van der Waals surface area contributed by atoms with Crippen molar-refractivity contribution in [2.45, 2.75) is 19.0 Å². The van der Waals surface area contributed by atoms with Gasteiger partial charge in [0.05, 0.1) is 16.4 Å². The third-order valence-corrected chi connectivity index (χ3v) is 3.56. The first kappa shape index (κ1) is 11.1. The molecule has 2 heterocycles. The minimum atomic E-state index is -0.931. The molecule has 1 N–H and O–H groups in total. The standard InChI is InChI=1S/C10H15BrFN3/c1-15-10(8(11)6-14-15)9(12)7-3-2-4-13-5-7/h6-7,9,13H,2-5H2,1H3. The Morgan fingerprint density at radius 2 is 2.53 bits per heavy atom. The van der Waals surface area contributed by atoms with Gasteiger partial charge in [-0.15, -0.1) is 0 Å². The lowest BCUT2D eigenvalue weighted by Crippen LogP contribution is -2.32. The van der Waals surface area contributed by atoms with Gasteiger partial charge in [0.15, 0.2) is 0 Å². The van der Waals surface area contributed by atoms with Crippen molar-refractivity contribution in [2.75, 3.05) is 13.1 Å². The number of aromatic nitrogens is 2. The van der Waals surface area contributed by atoms with Gasteiger partial charge in [-0.25, -0.2) is 4.39 Å². The maximum absolute atomic E-state index is 14.2. The van der Waals surface area contributed by atoms with Crippen LogP contribution in [-0.4, -0.2) is 22.9 Å². The van der Waals surface area contributed by atoms with Crippen LogP contribution in [0.25, 0.3) is 0 Å². The molecule has 2 atom stereocenters. The minimum Gasteiger partial charge on any atom is -0.316 e. The highest BCUT2D eigenvalue weighted by Gasteiger charge is 2.28. The summed E-state index contributed by atoms with van der Waals surface area (Å²) in [5.74, 6) is 0.0745. The van der Waals surface area contributed by atoms with Crippen LogP contribution in [0.15, 0.2) is 10.7 Å². The molecule has 1 aromatic rings. The Hall–Kier alpha value is -0.420. The summed E-state index contributed by atoms with van der Waals surface area (Å²) in [7, 11) is 1.78. The maximum Gasteiger partial charge on any atom is 0.147 e. The smallest absolute Gasteiger partial charge is 0.147 e. The van der Waals surface area contributed by atoms with Gasteiger partial charge in [-0.2, -0.15) is 5.10 Å². The summed E-state index contributed by atoms with van der Waals surface area (Å²) in [6.07, 6.45) is 2.73. The average Bonchev–Trinajstić information content (AvgIpc) is 2.59. The van der Waals surface area contributed by atoms with Crippen LogP contribution < -0.4 is 5.32 Å². The van der Waals surface area contributed by atoms with E-state index in [2.05, 4.69) is 26.3 Å². The molecule has 0 aliphatic carbocycles. The zero-order valence-corrected chi connectivity index (χ0v) is 10.3. The molecule has 3 nitrogen and oxygen atoms in total. The summed E-state index contributed by atoms with van der Waals surface area (Å²) in [6.45, 7) is 1.77. The van der Waals surface area contributed by atoms with Gasteiger partial charge in [-0.05, 0) is 35.3 Å². The Morgan fingerprint density at radius 3 is 3.07 bits per heavy atom. The van der Waals surface area contributed by atoms with Gasteiger partial charge in [0.2, 0.25) is 0 Å². The number of hydrogen-bond donors (Lipinski definition) is 1. The van der Waals surface area contributed by atoms with E-state index in [-0.39, 0.29) is 5.92 Å². The second-order valence-corrected chi connectivity index (χ2v) is 4.86. The van der Waals surface area contributed by atoms with E-state index in [0.29, 0.717) is 5.69 Å². The lowest BCUT2D eigenvalue weighted by atomic mass is 9.93. The number of alkyl halides is 1. The van der Waals surface area contributed by atoms with E-state index in [0.717, 1.165) is 30.4 Å². The second-order valence-electron chi connectivity index (χ2n) is 4.01. The van der Waals surface area contributed by atoms with Crippen LogP contribution in [0, 0.1) is 5.92 Å². The van der Waals surface area contributed by atoms with Crippen LogP contribution in [0.4, 0.5) is 4.39 Å². The number of rotatable bonds is 2. The molecule has 0 aromatic carbocycles. The predicted molar refractivity (Wildman–Crippen MR) is 60.4 cm³/mol. The van der Waals surface area contributed by atoms with Crippen LogP contribution in [-0.2, 0) is 7.05 Å². The van der Waals surface area contributed by atoms with Gasteiger partial charge < -0.3 is 5.32 Å². The largest absolute Gasteiger partial charge is 0.316 e. The fourth-order valence-electron chi connectivity index (χ4n) is 2.08. The fourth-order valence-corrected chi connectivity index (χ4v) is 2.65. The first-order valence-electron chi connectivity index (χ1n) is 5.22. The third-order valence-electron chi connectivity index (χ3n) is 2.95. The van der Waals surface area contributed by atoms with Crippen molar-refractivity contribution < 1.29 is 4.39 Å². The highest BCUT2D eigenvalue weighted by Crippen LogP contribution is 2.34. The monoisotopic (exact) mass is 275 g/mol. The lowest BCUT2D eigenvalue weighted by molar-refractivity contribution is 0.184. The van der Waals surface area contributed by atoms with Crippen molar-refractivity contribution in [2.24, 2.45) is 13.0 Å². The zero-order chi connectivity index (χ0) is 10.8. The SMILES string of the molecule is Cn1ncc(Br)c1C(F)C1CCCNC1. The molecule has 15 heavy (non-hydrogen) atoms. The van der Waals surface area contributed by atoms with Crippen LogP contribution in [0.5, 0.6) is 0 Å². The Balaban J connectivity index is 2.15. The Labute approximate surface area is 97.2 Å². The van der Waals surface area contributed by atoms with E-state index in [1.807, 2.05) is 0 Å². The first-order valence-corrected chi connectivity index (χ1v) is 6.01. The minimum absolute atomic E-state index is 0.0745. The summed E-state index contributed by atoms with van der Waals surface area (Å²) < 4.78 is 16.6. The van der Waals surface area contributed by atoms with E-state index < -0.39 is 6.17 Å². The van der Waals surface area contributed by atoms with Crippen LogP contribution in [0.1, 0.15) is 24.7 Å². The molecule has 0 radical (unpaired) electrons. The van der Waals surface area contributed by atoms with Crippen LogP contribution >= 0.6 is 15.9 Å². The van der Waals surface area contributed by atoms with Crippen molar-refractivity contribution in [1.82, 2.24) is 15.1 Å². The Bertz CT molecular complexity index is 314. The molecule has 2 unspecified atom stereocenters. The summed E-state index contributed by atoms with van der Waals surface area (Å²) in [5.41, 5.74) is 0.656. The van der Waals surface area contributed by atoms with E-state index >= 15 is 0 Å². The normalized spacial score (nSPS) is 24.1. The van der Waals surface area contributed by atoms with Crippen molar-refractivity contribution in [1.29, 1.82) is 0 Å². The molecule has 1 saturated heterocycles. The van der Waals surface area contributed by atoms with Crippen molar-refractivity contribution in [3.63, 3.8) is 0 Å². The molecule has 1 fully saturated rings. The quantitative estimate of drug-likeness (QED) is 0.897. The van der Waals surface area contributed by atoms with Crippen molar-refractivity contribution in [3.05, 3.63) is 16.4 Å². The lowest BCUT2D eigenvalue weighted by Gasteiger charge is -2.26. The fraction of sp³-hybridized carbons (Fsp3) is 0.700. The summed E-state index contributed by atoms with van der Waals surface area (Å²) >= 11 is 3.34. The molecule has 0 spiro atoms. The average molecular weight is 276 g/mol. The maximum atomic E-state index is 14.2. The van der Waals surface area contributed by atoms with E-state index in [1.54, 1.807) is 17.9 Å². The first-order chi connectivity index (χ1) is 7.20. The topological polar surface area (TPSA) is 29.9 Å². The van der Waals surface area contributed by atoms with Gasteiger partial charge in [0.25, 0.3) is 0 Å². The molecule has 0 amide bonds. The van der Waals surface area contributed by atoms with E-state index in [4.69, 9.17) is 0 Å². The number of aryl methyl sites for hydroxylation is 1. The highest BCUT2D eigenvalue weighted by atomic mass is 79.9.